The average molecular weight is 435 g/mol. The molecule has 0 radical (unpaired) electrons. The van der Waals surface area contributed by atoms with Crippen molar-refractivity contribution in [3.05, 3.63) is 93.3 Å². The number of aliphatic imine (C=N–C) groups is 1. The number of phenols is 1. The predicted molar refractivity (Wildman–Crippen MR) is 126 cm³/mol. The number of nitrogens with zero attached hydrogens (tertiary/aromatic N) is 2. The maximum Gasteiger partial charge on any atom is 0.271 e. The molecule has 4 nitrogen and oxygen atoms in total. The summed E-state index contributed by atoms with van der Waals surface area (Å²) < 4.78 is 0. The van der Waals surface area contributed by atoms with Gasteiger partial charge in [0.1, 0.15) is 5.75 Å². The van der Waals surface area contributed by atoms with Crippen molar-refractivity contribution >= 4 is 51.9 Å². The van der Waals surface area contributed by atoms with E-state index in [1.807, 2.05) is 62.4 Å². The number of benzene rings is 3. The molecule has 0 spiro atoms. The first-order valence-corrected chi connectivity index (χ1v) is 10.5. The number of anilines is 1. The van der Waals surface area contributed by atoms with Gasteiger partial charge < -0.3 is 5.11 Å². The quantitative estimate of drug-likeness (QED) is 0.480. The topological polar surface area (TPSA) is 52.9 Å². The number of amides is 1. The van der Waals surface area contributed by atoms with Gasteiger partial charge in [0.2, 0.25) is 0 Å². The molecule has 1 saturated heterocycles. The van der Waals surface area contributed by atoms with Gasteiger partial charge in [-0.05, 0) is 73.6 Å². The van der Waals surface area contributed by atoms with E-state index in [1.54, 1.807) is 23.1 Å². The van der Waals surface area contributed by atoms with Crippen molar-refractivity contribution < 1.29 is 9.90 Å². The Labute approximate surface area is 184 Å². The van der Waals surface area contributed by atoms with Gasteiger partial charge >= 0.3 is 0 Å². The molecule has 0 aromatic heterocycles. The van der Waals surface area contributed by atoms with Crippen LogP contribution in [0.3, 0.4) is 0 Å². The number of aromatic hydroxyl groups is 1. The highest BCUT2D eigenvalue weighted by Gasteiger charge is 2.34. The first kappa shape index (κ1) is 20.3. The lowest BCUT2D eigenvalue weighted by atomic mass is 10.2. The molecular formula is C24H19ClN2O2S. The Morgan fingerprint density at radius 2 is 1.60 bits per heavy atom. The average Bonchev–Trinajstić information content (AvgIpc) is 3.02. The largest absolute Gasteiger partial charge is 0.506 e. The Morgan fingerprint density at radius 1 is 0.967 bits per heavy atom. The molecule has 1 N–H and O–H groups in total. The Hall–Kier alpha value is -3.02. The molecule has 0 atom stereocenters. The van der Waals surface area contributed by atoms with E-state index in [0.29, 0.717) is 10.1 Å². The lowest BCUT2D eigenvalue weighted by molar-refractivity contribution is -0.113. The molecule has 1 heterocycles. The van der Waals surface area contributed by atoms with Crippen LogP contribution in [0.1, 0.15) is 16.7 Å². The van der Waals surface area contributed by atoms with Gasteiger partial charge in [0, 0.05) is 0 Å². The van der Waals surface area contributed by atoms with E-state index in [4.69, 9.17) is 16.6 Å². The molecule has 1 aliphatic rings. The lowest BCUT2D eigenvalue weighted by Crippen LogP contribution is -2.28. The smallest absolute Gasteiger partial charge is 0.271 e. The Bertz CT molecular complexity index is 1170. The number of thioether (sulfide) groups is 1. The summed E-state index contributed by atoms with van der Waals surface area (Å²) in [4.78, 5) is 20.2. The van der Waals surface area contributed by atoms with Gasteiger partial charge in [-0.1, -0.05) is 53.1 Å². The first-order chi connectivity index (χ1) is 14.4. The third-order valence-electron chi connectivity index (χ3n) is 4.63. The third-order valence-corrected chi connectivity index (χ3v) is 5.90. The maximum absolute atomic E-state index is 13.3. The number of hydrogen-bond donors (Lipinski definition) is 1. The minimum absolute atomic E-state index is 0.00660. The summed E-state index contributed by atoms with van der Waals surface area (Å²) in [6, 6.07) is 20.5. The molecule has 4 rings (SSSR count). The SMILES string of the molecule is Cc1ccc(N=C2SC(=Cc3ccc(O)c(Cl)c3)C(=O)N2c2ccc(C)cc2)cc1. The Kier molecular flexibility index (Phi) is 5.66. The number of halogens is 1. The zero-order valence-corrected chi connectivity index (χ0v) is 18.0. The molecule has 1 fully saturated rings. The molecule has 1 aliphatic heterocycles. The van der Waals surface area contributed by atoms with Gasteiger partial charge in [-0.2, -0.15) is 0 Å². The number of carbonyl (C=O) groups excluding carboxylic acids is 1. The van der Waals surface area contributed by atoms with Gasteiger partial charge in [-0.25, -0.2) is 4.99 Å². The predicted octanol–water partition coefficient (Wildman–Crippen LogP) is 6.47. The summed E-state index contributed by atoms with van der Waals surface area (Å²) in [5.41, 5.74) is 4.53. The van der Waals surface area contributed by atoms with Crippen LogP contribution in [0.25, 0.3) is 6.08 Å². The minimum atomic E-state index is -0.154. The fourth-order valence-electron chi connectivity index (χ4n) is 2.96. The summed E-state index contributed by atoms with van der Waals surface area (Å²) in [6.45, 7) is 4.03. The van der Waals surface area contributed by atoms with Crippen LogP contribution in [0.5, 0.6) is 5.75 Å². The van der Waals surface area contributed by atoms with Crippen LogP contribution in [-0.2, 0) is 4.79 Å². The van der Waals surface area contributed by atoms with Crippen molar-refractivity contribution in [2.45, 2.75) is 13.8 Å². The van der Waals surface area contributed by atoms with Crippen molar-refractivity contribution in [2.24, 2.45) is 4.99 Å². The zero-order chi connectivity index (χ0) is 21.3. The number of rotatable bonds is 3. The fraction of sp³-hybridized carbons (Fsp3) is 0.0833. The van der Waals surface area contributed by atoms with Crippen LogP contribution in [0.2, 0.25) is 5.02 Å². The molecule has 0 aliphatic carbocycles. The van der Waals surface area contributed by atoms with Gasteiger partial charge in [-0.3, -0.25) is 9.69 Å². The summed E-state index contributed by atoms with van der Waals surface area (Å²) in [6.07, 6.45) is 1.76. The van der Waals surface area contributed by atoms with Crippen LogP contribution >= 0.6 is 23.4 Å². The normalized spacial score (nSPS) is 16.6. The second-order valence-electron chi connectivity index (χ2n) is 7.03. The molecule has 0 unspecified atom stereocenters. The molecule has 0 bridgehead atoms. The van der Waals surface area contributed by atoms with Crippen LogP contribution in [0.15, 0.2) is 76.6 Å². The summed E-state index contributed by atoms with van der Waals surface area (Å²) >= 11 is 7.33. The van der Waals surface area contributed by atoms with E-state index in [2.05, 4.69) is 0 Å². The van der Waals surface area contributed by atoms with Crippen LogP contribution in [0, 0.1) is 13.8 Å². The van der Waals surface area contributed by atoms with Gasteiger partial charge in [0.25, 0.3) is 5.91 Å². The monoisotopic (exact) mass is 434 g/mol. The van der Waals surface area contributed by atoms with Crippen molar-refractivity contribution in [3.63, 3.8) is 0 Å². The van der Waals surface area contributed by atoms with Crippen LogP contribution < -0.4 is 4.90 Å². The number of aryl methyl sites for hydroxylation is 2. The van der Waals surface area contributed by atoms with Crippen molar-refractivity contribution in [1.29, 1.82) is 0 Å². The van der Waals surface area contributed by atoms with E-state index >= 15 is 0 Å². The van der Waals surface area contributed by atoms with Crippen LogP contribution in [-0.4, -0.2) is 16.2 Å². The second kappa shape index (κ2) is 8.38. The lowest BCUT2D eigenvalue weighted by Gasteiger charge is -2.16. The highest BCUT2D eigenvalue weighted by atomic mass is 35.5. The van der Waals surface area contributed by atoms with E-state index in [9.17, 15) is 9.90 Å². The maximum atomic E-state index is 13.3. The van der Waals surface area contributed by atoms with Gasteiger partial charge in [0.05, 0.1) is 21.3 Å². The Balaban J connectivity index is 1.77. The van der Waals surface area contributed by atoms with E-state index in [-0.39, 0.29) is 16.7 Å². The molecular weight excluding hydrogens is 416 g/mol. The molecule has 150 valence electrons. The van der Waals surface area contributed by atoms with Crippen molar-refractivity contribution in [1.82, 2.24) is 0 Å². The van der Waals surface area contributed by atoms with E-state index in [0.717, 1.165) is 28.1 Å². The molecule has 0 saturated carbocycles. The fourth-order valence-corrected chi connectivity index (χ4v) is 4.15. The molecule has 6 heteroatoms. The number of hydrogen-bond acceptors (Lipinski definition) is 4. The minimum Gasteiger partial charge on any atom is -0.506 e. The molecule has 3 aromatic carbocycles. The zero-order valence-electron chi connectivity index (χ0n) is 16.5. The summed E-state index contributed by atoms with van der Waals surface area (Å²) in [5.74, 6) is -0.147. The molecule has 3 aromatic rings. The number of carbonyl (C=O) groups is 1. The van der Waals surface area contributed by atoms with Gasteiger partial charge in [0.15, 0.2) is 5.17 Å². The van der Waals surface area contributed by atoms with Gasteiger partial charge in [-0.15, -0.1) is 0 Å². The van der Waals surface area contributed by atoms with Crippen molar-refractivity contribution in [3.8, 4) is 5.75 Å². The Morgan fingerprint density at radius 3 is 2.23 bits per heavy atom. The second-order valence-corrected chi connectivity index (χ2v) is 8.44. The van der Waals surface area contributed by atoms with E-state index < -0.39 is 0 Å². The van der Waals surface area contributed by atoms with Crippen LogP contribution in [0.4, 0.5) is 11.4 Å². The van der Waals surface area contributed by atoms with E-state index in [1.165, 1.54) is 17.8 Å². The highest BCUT2D eigenvalue weighted by Crippen LogP contribution is 2.38. The van der Waals surface area contributed by atoms with Crippen molar-refractivity contribution in [2.75, 3.05) is 4.90 Å². The summed E-state index contributed by atoms with van der Waals surface area (Å²) in [5, 5.41) is 10.5. The first-order valence-electron chi connectivity index (χ1n) is 9.35. The molecule has 30 heavy (non-hydrogen) atoms. The number of phenolic OH excluding ortho intramolecular Hbond substituents is 1. The third kappa shape index (κ3) is 4.27. The molecule has 1 amide bonds. The number of amidine groups is 1. The standard InChI is InChI=1S/C24H19ClN2O2S/c1-15-3-8-18(9-4-15)26-24-27(19-10-5-16(2)6-11-19)23(29)22(30-24)14-17-7-12-21(28)20(25)13-17/h3-14,28H,1-2H3. The summed E-state index contributed by atoms with van der Waals surface area (Å²) in [7, 11) is 0. The highest BCUT2D eigenvalue weighted by molar-refractivity contribution is 8.19.